The zero-order valence-corrected chi connectivity index (χ0v) is 14.5. The van der Waals surface area contributed by atoms with Gasteiger partial charge in [0.25, 0.3) is 0 Å². The van der Waals surface area contributed by atoms with Gasteiger partial charge in [-0.25, -0.2) is 0 Å². The second-order valence-corrected chi connectivity index (χ2v) is 6.35. The zero-order chi connectivity index (χ0) is 17.5. The molecule has 3 aromatic carbocycles. The van der Waals surface area contributed by atoms with E-state index >= 15 is 0 Å². The summed E-state index contributed by atoms with van der Waals surface area (Å²) in [6.45, 7) is 0. The minimum Gasteiger partial charge on any atom is -0.457 e. The molecule has 0 amide bonds. The molecule has 0 aromatic heterocycles. The van der Waals surface area contributed by atoms with Crippen LogP contribution < -0.4 is 4.74 Å². The first-order chi connectivity index (χ1) is 12.2. The Morgan fingerprint density at radius 1 is 0.800 bits per heavy atom. The molecular formula is C22H19ClO2. The molecule has 126 valence electrons. The number of carbonyl (C=O) groups is 1. The summed E-state index contributed by atoms with van der Waals surface area (Å²) in [6, 6.07) is 27.7. The van der Waals surface area contributed by atoms with E-state index in [2.05, 4.69) is 12.1 Å². The molecule has 0 heterocycles. The van der Waals surface area contributed by atoms with Crippen molar-refractivity contribution in [3.63, 3.8) is 0 Å². The minimum atomic E-state index is -0.314. The van der Waals surface area contributed by atoms with Gasteiger partial charge in [0.15, 0.2) is 0 Å². The highest BCUT2D eigenvalue weighted by molar-refractivity contribution is 6.63. The molecule has 0 radical (unpaired) electrons. The molecule has 25 heavy (non-hydrogen) atoms. The van der Waals surface area contributed by atoms with Crippen molar-refractivity contribution in [3.05, 3.63) is 96.1 Å². The predicted molar refractivity (Wildman–Crippen MR) is 101 cm³/mol. The first-order valence-corrected chi connectivity index (χ1v) is 8.63. The molecule has 3 rings (SSSR count). The number of ether oxygens (including phenoxy) is 1. The highest BCUT2D eigenvalue weighted by Crippen LogP contribution is 2.28. The third kappa shape index (κ3) is 5.20. The van der Waals surface area contributed by atoms with Crippen LogP contribution in [0.3, 0.4) is 0 Å². The Labute approximate surface area is 153 Å². The van der Waals surface area contributed by atoms with Crippen LogP contribution in [-0.2, 0) is 11.2 Å². The quantitative estimate of drug-likeness (QED) is 0.491. The fourth-order valence-electron chi connectivity index (χ4n) is 2.83. The van der Waals surface area contributed by atoms with E-state index in [1.54, 1.807) is 0 Å². The Bertz CT molecular complexity index is 798. The number of para-hydroxylation sites is 1. The molecule has 0 saturated heterocycles. The molecule has 0 fully saturated rings. The van der Waals surface area contributed by atoms with Crippen LogP contribution in [0.1, 0.15) is 23.5 Å². The normalized spacial score (nSPS) is 11.7. The molecule has 0 spiro atoms. The second kappa shape index (κ2) is 8.50. The van der Waals surface area contributed by atoms with Crippen LogP contribution in [0.2, 0.25) is 0 Å². The van der Waals surface area contributed by atoms with Gasteiger partial charge < -0.3 is 4.74 Å². The minimum absolute atomic E-state index is 0.0539. The largest absolute Gasteiger partial charge is 0.457 e. The summed E-state index contributed by atoms with van der Waals surface area (Å²) in [5, 5.41) is -0.314. The van der Waals surface area contributed by atoms with Crippen molar-refractivity contribution >= 4 is 16.8 Å². The van der Waals surface area contributed by atoms with Crippen LogP contribution in [0.4, 0.5) is 0 Å². The Kier molecular flexibility index (Phi) is 5.86. The average molecular weight is 351 g/mol. The number of hydrogen-bond acceptors (Lipinski definition) is 2. The van der Waals surface area contributed by atoms with Gasteiger partial charge in [0.2, 0.25) is 5.24 Å². The SMILES string of the molecule is O=C(Cl)C[C@@H](Cc1ccccc1)c1ccc(Oc2ccccc2)cc1. The van der Waals surface area contributed by atoms with Crippen molar-refractivity contribution in [3.8, 4) is 11.5 Å². The number of hydrogen-bond donors (Lipinski definition) is 0. The van der Waals surface area contributed by atoms with Gasteiger partial charge in [0.05, 0.1) is 0 Å². The van der Waals surface area contributed by atoms with Gasteiger partial charge in [-0.2, -0.15) is 0 Å². The first-order valence-electron chi connectivity index (χ1n) is 8.26. The monoisotopic (exact) mass is 350 g/mol. The Balaban J connectivity index is 1.75. The van der Waals surface area contributed by atoms with E-state index in [0.29, 0.717) is 6.42 Å². The van der Waals surface area contributed by atoms with Crippen LogP contribution in [0, 0.1) is 0 Å². The number of carbonyl (C=O) groups excluding carboxylic acids is 1. The van der Waals surface area contributed by atoms with E-state index in [1.807, 2.05) is 72.8 Å². The van der Waals surface area contributed by atoms with E-state index in [9.17, 15) is 4.79 Å². The lowest BCUT2D eigenvalue weighted by molar-refractivity contribution is -0.112. The molecule has 3 aromatic rings. The fourth-order valence-corrected chi connectivity index (χ4v) is 3.02. The van der Waals surface area contributed by atoms with Gasteiger partial charge in [0, 0.05) is 6.42 Å². The third-order valence-corrected chi connectivity index (χ3v) is 4.22. The maximum absolute atomic E-state index is 11.5. The highest BCUT2D eigenvalue weighted by atomic mass is 35.5. The maximum Gasteiger partial charge on any atom is 0.222 e. The summed E-state index contributed by atoms with van der Waals surface area (Å²) in [7, 11) is 0. The Morgan fingerprint density at radius 3 is 1.96 bits per heavy atom. The number of rotatable bonds is 7. The fraction of sp³-hybridized carbons (Fsp3) is 0.136. The Morgan fingerprint density at radius 2 is 1.36 bits per heavy atom. The molecular weight excluding hydrogens is 332 g/mol. The van der Waals surface area contributed by atoms with Crippen molar-refractivity contribution in [2.24, 2.45) is 0 Å². The van der Waals surface area contributed by atoms with Gasteiger partial charge in [0.1, 0.15) is 11.5 Å². The summed E-state index contributed by atoms with van der Waals surface area (Å²) in [6.07, 6.45) is 1.09. The maximum atomic E-state index is 11.5. The van der Waals surface area contributed by atoms with Crippen LogP contribution in [-0.4, -0.2) is 5.24 Å². The summed E-state index contributed by atoms with van der Waals surface area (Å²) < 4.78 is 5.82. The molecule has 0 aliphatic rings. The van der Waals surface area contributed by atoms with Crippen LogP contribution in [0.25, 0.3) is 0 Å². The van der Waals surface area contributed by atoms with Crippen molar-refractivity contribution in [2.45, 2.75) is 18.8 Å². The van der Waals surface area contributed by atoms with Crippen LogP contribution >= 0.6 is 11.6 Å². The molecule has 0 bridgehead atoms. The lowest BCUT2D eigenvalue weighted by Gasteiger charge is -2.16. The van der Waals surface area contributed by atoms with E-state index in [-0.39, 0.29) is 11.2 Å². The molecule has 3 heteroatoms. The summed E-state index contributed by atoms with van der Waals surface area (Å²) >= 11 is 5.66. The Hall–Kier alpha value is -2.58. The molecule has 1 atom stereocenters. The van der Waals surface area contributed by atoms with Crippen molar-refractivity contribution < 1.29 is 9.53 Å². The summed E-state index contributed by atoms with van der Waals surface area (Å²) in [4.78, 5) is 11.5. The van der Waals surface area contributed by atoms with Crippen molar-refractivity contribution in [1.29, 1.82) is 0 Å². The topological polar surface area (TPSA) is 26.3 Å². The molecule has 0 unspecified atom stereocenters. The van der Waals surface area contributed by atoms with Crippen molar-refractivity contribution in [1.82, 2.24) is 0 Å². The van der Waals surface area contributed by atoms with Crippen LogP contribution in [0.5, 0.6) is 11.5 Å². The number of halogens is 1. The molecule has 0 saturated carbocycles. The number of benzene rings is 3. The first kappa shape index (κ1) is 17.2. The molecule has 0 N–H and O–H groups in total. The highest BCUT2D eigenvalue weighted by Gasteiger charge is 2.16. The van der Waals surface area contributed by atoms with E-state index in [4.69, 9.17) is 16.3 Å². The molecule has 0 aliphatic carbocycles. The van der Waals surface area contributed by atoms with E-state index in [0.717, 1.165) is 23.5 Å². The summed E-state index contributed by atoms with van der Waals surface area (Å²) in [5.41, 5.74) is 2.27. The van der Waals surface area contributed by atoms with Gasteiger partial charge in [-0.3, -0.25) is 4.79 Å². The standard InChI is InChI=1S/C22H19ClO2/c23-22(24)16-19(15-17-7-3-1-4-8-17)18-11-13-21(14-12-18)25-20-9-5-2-6-10-20/h1-14,19H,15-16H2/t19-/m1/s1. The smallest absolute Gasteiger partial charge is 0.222 e. The van der Waals surface area contributed by atoms with Crippen molar-refractivity contribution in [2.75, 3.05) is 0 Å². The van der Waals surface area contributed by atoms with E-state index in [1.165, 1.54) is 5.56 Å². The second-order valence-electron chi connectivity index (χ2n) is 5.93. The lowest BCUT2D eigenvalue weighted by atomic mass is 9.89. The zero-order valence-electron chi connectivity index (χ0n) is 13.8. The lowest BCUT2D eigenvalue weighted by Crippen LogP contribution is -2.06. The van der Waals surface area contributed by atoms with Crippen LogP contribution in [0.15, 0.2) is 84.9 Å². The third-order valence-electron chi connectivity index (χ3n) is 4.06. The predicted octanol–water partition coefficient (Wildman–Crippen LogP) is 5.96. The van der Waals surface area contributed by atoms with Gasteiger partial charge in [-0.15, -0.1) is 0 Å². The summed E-state index contributed by atoms with van der Waals surface area (Å²) in [5.74, 6) is 1.62. The molecule has 0 aliphatic heterocycles. The van der Waals surface area contributed by atoms with Gasteiger partial charge in [-0.1, -0.05) is 60.7 Å². The van der Waals surface area contributed by atoms with Gasteiger partial charge in [-0.05, 0) is 59.3 Å². The average Bonchev–Trinajstić information content (AvgIpc) is 2.63. The molecule has 2 nitrogen and oxygen atoms in total. The van der Waals surface area contributed by atoms with Gasteiger partial charge >= 0.3 is 0 Å². The van der Waals surface area contributed by atoms with E-state index < -0.39 is 0 Å².